The first-order chi connectivity index (χ1) is 16.3. The Morgan fingerprint density at radius 3 is 2.18 bits per heavy atom. The van der Waals surface area contributed by atoms with E-state index in [0.29, 0.717) is 11.1 Å². The standard InChI is InChI=1S/C24H17N3O5S2/c28-23(21(18-9-5-2-6-10-18)15-17-7-3-1-4-8-17)26-24-25-16-22(33-24)34(31,32)20-13-11-19(12-14-20)27(29)30/h1-16H,(H,25,26,28). The minimum atomic E-state index is -3.95. The third-order valence-electron chi connectivity index (χ3n) is 4.77. The second kappa shape index (κ2) is 9.77. The molecule has 0 aliphatic carbocycles. The molecule has 0 spiro atoms. The van der Waals surface area contributed by atoms with Crippen molar-refractivity contribution in [3.8, 4) is 0 Å². The molecule has 10 heteroatoms. The maximum Gasteiger partial charge on any atom is 0.269 e. The molecule has 0 fully saturated rings. The molecule has 0 aliphatic rings. The molecular formula is C24H17N3O5S2. The number of carbonyl (C=O) groups is 1. The molecule has 3 aromatic carbocycles. The number of amides is 1. The van der Waals surface area contributed by atoms with Crippen LogP contribution < -0.4 is 5.32 Å². The minimum absolute atomic E-state index is 0.0926. The molecule has 0 saturated carbocycles. The fourth-order valence-corrected chi connectivity index (χ4v) is 5.51. The van der Waals surface area contributed by atoms with Gasteiger partial charge in [0.15, 0.2) is 5.13 Å². The summed E-state index contributed by atoms with van der Waals surface area (Å²) >= 11 is 0.800. The third kappa shape index (κ3) is 5.08. The van der Waals surface area contributed by atoms with Crippen LogP contribution in [-0.2, 0) is 14.6 Å². The summed E-state index contributed by atoms with van der Waals surface area (Å²) in [6.07, 6.45) is 2.90. The van der Waals surface area contributed by atoms with Gasteiger partial charge in [0.2, 0.25) is 9.84 Å². The molecule has 8 nitrogen and oxygen atoms in total. The second-order valence-corrected chi connectivity index (χ2v) is 10.2. The van der Waals surface area contributed by atoms with Crippen LogP contribution in [0.25, 0.3) is 11.6 Å². The Balaban J connectivity index is 1.60. The lowest BCUT2D eigenvalue weighted by Crippen LogP contribution is -2.13. The highest BCUT2D eigenvalue weighted by Crippen LogP contribution is 2.30. The summed E-state index contributed by atoms with van der Waals surface area (Å²) in [5.74, 6) is -0.441. The summed E-state index contributed by atoms with van der Waals surface area (Å²) in [7, 11) is -3.95. The van der Waals surface area contributed by atoms with Gasteiger partial charge in [-0.2, -0.15) is 0 Å². The number of rotatable bonds is 7. The van der Waals surface area contributed by atoms with Gasteiger partial charge in [0.1, 0.15) is 4.21 Å². The quantitative estimate of drug-likeness (QED) is 0.167. The van der Waals surface area contributed by atoms with E-state index in [0.717, 1.165) is 35.2 Å². The highest BCUT2D eigenvalue weighted by Gasteiger charge is 2.23. The minimum Gasteiger partial charge on any atom is -0.298 e. The van der Waals surface area contributed by atoms with Crippen molar-refractivity contribution in [2.24, 2.45) is 0 Å². The third-order valence-corrected chi connectivity index (χ3v) is 7.91. The van der Waals surface area contributed by atoms with Gasteiger partial charge in [0, 0.05) is 17.7 Å². The van der Waals surface area contributed by atoms with Gasteiger partial charge in [0.05, 0.1) is 16.0 Å². The second-order valence-electron chi connectivity index (χ2n) is 7.03. The van der Waals surface area contributed by atoms with E-state index < -0.39 is 20.7 Å². The van der Waals surface area contributed by atoms with Gasteiger partial charge in [-0.25, -0.2) is 13.4 Å². The molecule has 0 saturated heterocycles. The first kappa shape index (κ1) is 23.0. The van der Waals surface area contributed by atoms with Crippen molar-refractivity contribution in [2.45, 2.75) is 9.10 Å². The summed E-state index contributed by atoms with van der Waals surface area (Å²) in [5.41, 5.74) is 1.70. The van der Waals surface area contributed by atoms with Crippen LogP contribution in [0.4, 0.5) is 10.8 Å². The van der Waals surface area contributed by atoms with Crippen LogP contribution in [0.5, 0.6) is 0 Å². The van der Waals surface area contributed by atoms with Crippen LogP contribution in [0.2, 0.25) is 0 Å². The van der Waals surface area contributed by atoms with E-state index in [2.05, 4.69) is 10.3 Å². The van der Waals surface area contributed by atoms with Crippen molar-refractivity contribution in [1.82, 2.24) is 4.98 Å². The monoisotopic (exact) mass is 491 g/mol. The van der Waals surface area contributed by atoms with Gasteiger partial charge in [-0.1, -0.05) is 72.0 Å². The molecule has 0 aliphatic heterocycles. The molecule has 170 valence electrons. The van der Waals surface area contributed by atoms with Gasteiger partial charge < -0.3 is 0 Å². The normalized spacial score (nSPS) is 11.7. The van der Waals surface area contributed by atoms with E-state index in [4.69, 9.17) is 0 Å². The number of carbonyl (C=O) groups excluding carboxylic acids is 1. The SMILES string of the molecule is O=C(Nc1ncc(S(=O)(=O)c2ccc([N+](=O)[O-])cc2)s1)C(=Cc1ccccc1)c1ccccc1. The Morgan fingerprint density at radius 2 is 1.56 bits per heavy atom. The smallest absolute Gasteiger partial charge is 0.269 e. The lowest BCUT2D eigenvalue weighted by atomic mass is 10.0. The van der Waals surface area contributed by atoms with E-state index >= 15 is 0 Å². The number of nitro groups is 1. The van der Waals surface area contributed by atoms with Crippen molar-refractivity contribution in [3.63, 3.8) is 0 Å². The molecule has 0 bridgehead atoms. The number of nitrogens with zero attached hydrogens (tertiary/aromatic N) is 2. The molecule has 4 rings (SSSR count). The summed E-state index contributed by atoms with van der Waals surface area (Å²) in [4.78, 5) is 27.3. The summed E-state index contributed by atoms with van der Waals surface area (Å²) in [5, 5.41) is 13.6. The Labute approximate surface area is 199 Å². The lowest BCUT2D eigenvalue weighted by Gasteiger charge is -2.08. The Kier molecular flexibility index (Phi) is 6.62. The summed E-state index contributed by atoms with van der Waals surface area (Å²) in [6, 6.07) is 23.0. The van der Waals surface area contributed by atoms with E-state index in [1.54, 1.807) is 18.2 Å². The summed E-state index contributed by atoms with van der Waals surface area (Å²) < 4.78 is 25.7. The number of thiazole rings is 1. The van der Waals surface area contributed by atoms with Crippen LogP contribution >= 0.6 is 11.3 Å². The van der Waals surface area contributed by atoms with E-state index in [-0.39, 0.29) is 19.9 Å². The van der Waals surface area contributed by atoms with E-state index in [9.17, 15) is 23.3 Å². The lowest BCUT2D eigenvalue weighted by molar-refractivity contribution is -0.384. The van der Waals surface area contributed by atoms with E-state index in [1.165, 1.54) is 12.1 Å². The molecule has 34 heavy (non-hydrogen) atoms. The van der Waals surface area contributed by atoms with Crippen molar-refractivity contribution < 1.29 is 18.1 Å². The number of anilines is 1. The van der Waals surface area contributed by atoms with Gasteiger partial charge in [-0.15, -0.1) is 0 Å². The zero-order chi connectivity index (χ0) is 24.1. The topological polar surface area (TPSA) is 119 Å². The number of nitro benzene ring substituents is 1. The predicted octanol–water partition coefficient (Wildman–Crippen LogP) is 5.06. The maximum absolute atomic E-state index is 13.1. The molecule has 0 unspecified atom stereocenters. The first-order valence-electron chi connectivity index (χ1n) is 9.93. The van der Waals surface area contributed by atoms with Gasteiger partial charge in [-0.3, -0.25) is 20.2 Å². The fourth-order valence-electron chi connectivity index (χ4n) is 3.08. The van der Waals surface area contributed by atoms with Crippen LogP contribution in [-0.4, -0.2) is 24.2 Å². The van der Waals surface area contributed by atoms with Gasteiger partial charge >= 0.3 is 0 Å². The Morgan fingerprint density at radius 1 is 0.941 bits per heavy atom. The highest BCUT2D eigenvalue weighted by atomic mass is 32.2. The van der Waals surface area contributed by atoms with Gasteiger partial charge in [-0.05, 0) is 29.3 Å². The van der Waals surface area contributed by atoms with Crippen LogP contribution in [0.1, 0.15) is 11.1 Å². The first-order valence-corrected chi connectivity index (χ1v) is 12.2. The number of hydrogen-bond donors (Lipinski definition) is 1. The highest BCUT2D eigenvalue weighted by molar-refractivity contribution is 7.93. The molecule has 4 aromatic rings. The van der Waals surface area contributed by atoms with Gasteiger partial charge in [0.25, 0.3) is 11.6 Å². The van der Waals surface area contributed by atoms with Crippen LogP contribution in [0.3, 0.4) is 0 Å². The molecule has 1 heterocycles. The van der Waals surface area contributed by atoms with Crippen molar-refractivity contribution in [2.75, 3.05) is 5.32 Å². The molecule has 1 N–H and O–H groups in total. The predicted molar refractivity (Wildman–Crippen MR) is 130 cm³/mol. The fraction of sp³-hybridized carbons (Fsp3) is 0. The molecule has 0 radical (unpaired) electrons. The van der Waals surface area contributed by atoms with Crippen molar-refractivity contribution >= 4 is 49.5 Å². The number of non-ortho nitro benzene ring substituents is 1. The molecule has 1 amide bonds. The number of sulfone groups is 1. The largest absolute Gasteiger partial charge is 0.298 e. The Bertz CT molecular complexity index is 1460. The number of benzene rings is 3. The zero-order valence-corrected chi connectivity index (χ0v) is 19.1. The number of aromatic nitrogens is 1. The number of hydrogen-bond acceptors (Lipinski definition) is 7. The van der Waals surface area contributed by atoms with E-state index in [1.807, 2.05) is 48.5 Å². The average Bonchev–Trinajstić information content (AvgIpc) is 3.33. The van der Waals surface area contributed by atoms with Crippen molar-refractivity contribution in [3.05, 3.63) is 112 Å². The molecule has 1 aromatic heterocycles. The molecular weight excluding hydrogens is 474 g/mol. The van der Waals surface area contributed by atoms with Crippen molar-refractivity contribution in [1.29, 1.82) is 0 Å². The zero-order valence-electron chi connectivity index (χ0n) is 17.5. The van der Waals surface area contributed by atoms with Crippen LogP contribution in [0.15, 0.2) is 100 Å². The Hall–Kier alpha value is -4.15. The molecule has 0 atom stereocenters. The maximum atomic E-state index is 13.1. The summed E-state index contributed by atoms with van der Waals surface area (Å²) in [6.45, 7) is 0. The number of nitrogens with one attached hydrogen (secondary N) is 1. The van der Waals surface area contributed by atoms with Crippen LogP contribution in [0, 0.1) is 10.1 Å². The average molecular weight is 492 g/mol.